The fraction of sp³-hybridized carbons (Fsp3) is 0.538. The molecule has 0 aliphatic heterocycles. The highest BCUT2D eigenvalue weighted by Crippen LogP contribution is 2.28. The Kier molecular flexibility index (Phi) is 6.67. The zero-order valence-corrected chi connectivity index (χ0v) is 11.3. The lowest BCUT2D eigenvalue weighted by Gasteiger charge is -2.09. The van der Waals surface area contributed by atoms with Gasteiger partial charge in [0.25, 0.3) is 5.69 Å². The summed E-state index contributed by atoms with van der Waals surface area (Å²) in [6.07, 6.45) is 2.12. The first-order valence-electron chi connectivity index (χ1n) is 6.33. The van der Waals surface area contributed by atoms with Gasteiger partial charge in [-0.2, -0.15) is 0 Å². The number of benzene rings is 1. The van der Waals surface area contributed by atoms with E-state index >= 15 is 0 Å². The van der Waals surface area contributed by atoms with Crippen molar-refractivity contribution < 1.29 is 14.4 Å². The highest BCUT2D eigenvalue weighted by atomic mass is 16.6. The van der Waals surface area contributed by atoms with Crippen molar-refractivity contribution in [3.8, 4) is 5.75 Å². The standard InChI is InChI=1S/C13H20N2O4/c1-3-4-8-19-9-7-14-12-10-11(18-2)5-6-13(12)15(16)17/h5-6,10,14H,3-4,7-9H2,1-2H3. The molecule has 1 rings (SSSR count). The summed E-state index contributed by atoms with van der Waals surface area (Å²) >= 11 is 0. The third kappa shape index (κ3) is 5.13. The number of methoxy groups -OCH3 is 1. The van der Waals surface area contributed by atoms with Crippen LogP contribution in [0, 0.1) is 10.1 Å². The Bertz CT molecular complexity index is 410. The number of hydrogen-bond acceptors (Lipinski definition) is 5. The van der Waals surface area contributed by atoms with Crippen LogP contribution in [0.15, 0.2) is 18.2 Å². The molecular weight excluding hydrogens is 248 g/mol. The van der Waals surface area contributed by atoms with E-state index in [0.717, 1.165) is 19.4 Å². The monoisotopic (exact) mass is 268 g/mol. The molecule has 6 nitrogen and oxygen atoms in total. The first-order valence-corrected chi connectivity index (χ1v) is 6.33. The number of nitro benzene ring substituents is 1. The van der Waals surface area contributed by atoms with Gasteiger partial charge in [0.2, 0.25) is 0 Å². The summed E-state index contributed by atoms with van der Waals surface area (Å²) in [5, 5.41) is 13.9. The predicted molar refractivity (Wildman–Crippen MR) is 73.9 cm³/mol. The van der Waals surface area contributed by atoms with Gasteiger partial charge in [0.1, 0.15) is 11.4 Å². The van der Waals surface area contributed by atoms with Gasteiger partial charge < -0.3 is 14.8 Å². The summed E-state index contributed by atoms with van der Waals surface area (Å²) < 4.78 is 10.4. The zero-order chi connectivity index (χ0) is 14.1. The normalized spacial score (nSPS) is 10.2. The summed E-state index contributed by atoms with van der Waals surface area (Å²) in [4.78, 5) is 10.5. The molecule has 0 heterocycles. The Morgan fingerprint density at radius 1 is 1.37 bits per heavy atom. The van der Waals surface area contributed by atoms with Gasteiger partial charge in [0.05, 0.1) is 18.6 Å². The summed E-state index contributed by atoms with van der Waals surface area (Å²) in [7, 11) is 1.53. The van der Waals surface area contributed by atoms with Gasteiger partial charge in [0, 0.05) is 25.3 Å². The van der Waals surface area contributed by atoms with Crippen LogP contribution in [-0.4, -0.2) is 31.8 Å². The minimum Gasteiger partial charge on any atom is -0.497 e. The Labute approximate surface area is 112 Å². The lowest BCUT2D eigenvalue weighted by molar-refractivity contribution is -0.384. The van der Waals surface area contributed by atoms with Gasteiger partial charge in [-0.1, -0.05) is 13.3 Å². The molecule has 0 atom stereocenters. The highest BCUT2D eigenvalue weighted by molar-refractivity contribution is 5.64. The molecule has 0 spiro atoms. The second-order valence-corrected chi connectivity index (χ2v) is 4.03. The SMILES string of the molecule is CCCCOCCNc1cc(OC)ccc1[N+](=O)[O-]. The fourth-order valence-corrected chi connectivity index (χ4v) is 1.55. The maximum absolute atomic E-state index is 10.9. The van der Waals surface area contributed by atoms with Crippen molar-refractivity contribution in [2.24, 2.45) is 0 Å². The predicted octanol–water partition coefficient (Wildman–Crippen LogP) is 2.83. The molecule has 0 aromatic heterocycles. The number of anilines is 1. The van der Waals surface area contributed by atoms with Crippen LogP contribution in [0.1, 0.15) is 19.8 Å². The molecule has 106 valence electrons. The molecule has 0 fully saturated rings. The molecule has 0 amide bonds. The molecule has 0 radical (unpaired) electrons. The van der Waals surface area contributed by atoms with E-state index in [0.29, 0.717) is 24.6 Å². The first-order chi connectivity index (χ1) is 9.19. The minimum atomic E-state index is -0.417. The molecule has 0 unspecified atom stereocenters. The van der Waals surface area contributed by atoms with E-state index in [1.54, 1.807) is 12.1 Å². The average Bonchev–Trinajstić information content (AvgIpc) is 2.42. The van der Waals surface area contributed by atoms with Crippen LogP contribution in [0.2, 0.25) is 0 Å². The molecular formula is C13H20N2O4. The molecule has 19 heavy (non-hydrogen) atoms. The van der Waals surface area contributed by atoms with Crippen molar-refractivity contribution in [1.82, 2.24) is 0 Å². The number of hydrogen-bond donors (Lipinski definition) is 1. The molecule has 6 heteroatoms. The van der Waals surface area contributed by atoms with Gasteiger partial charge in [0.15, 0.2) is 0 Å². The van der Waals surface area contributed by atoms with Crippen molar-refractivity contribution in [2.45, 2.75) is 19.8 Å². The van der Waals surface area contributed by atoms with E-state index in [2.05, 4.69) is 12.2 Å². The van der Waals surface area contributed by atoms with Crippen molar-refractivity contribution in [1.29, 1.82) is 0 Å². The second-order valence-electron chi connectivity index (χ2n) is 4.03. The van der Waals surface area contributed by atoms with Crippen LogP contribution in [0.4, 0.5) is 11.4 Å². The maximum Gasteiger partial charge on any atom is 0.292 e. The molecule has 1 aromatic carbocycles. The first kappa shape index (κ1) is 15.2. The molecule has 0 saturated heterocycles. The summed E-state index contributed by atoms with van der Waals surface area (Å²) in [6.45, 7) is 3.87. The van der Waals surface area contributed by atoms with Gasteiger partial charge in [-0.05, 0) is 12.5 Å². The largest absolute Gasteiger partial charge is 0.497 e. The van der Waals surface area contributed by atoms with E-state index in [-0.39, 0.29) is 5.69 Å². The molecule has 1 aromatic rings. The van der Waals surface area contributed by atoms with Gasteiger partial charge in [-0.15, -0.1) is 0 Å². The van der Waals surface area contributed by atoms with Gasteiger partial charge in [-0.3, -0.25) is 10.1 Å². The molecule has 0 saturated carbocycles. The minimum absolute atomic E-state index is 0.0364. The Morgan fingerprint density at radius 2 is 2.16 bits per heavy atom. The zero-order valence-electron chi connectivity index (χ0n) is 11.3. The quantitative estimate of drug-likeness (QED) is 0.423. The summed E-state index contributed by atoms with van der Waals surface area (Å²) in [5.41, 5.74) is 0.484. The van der Waals surface area contributed by atoms with E-state index in [9.17, 15) is 10.1 Å². The molecule has 0 aliphatic rings. The number of ether oxygens (including phenoxy) is 2. The highest BCUT2D eigenvalue weighted by Gasteiger charge is 2.13. The van der Waals surface area contributed by atoms with E-state index in [1.165, 1.54) is 13.2 Å². The van der Waals surface area contributed by atoms with Crippen LogP contribution in [0.25, 0.3) is 0 Å². The molecule has 0 bridgehead atoms. The lowest BCUT2D eigenvalue weighted by Crippen LogP contribution is -2.11. The van der Waals surface area contributed by atoms with Crippen molar-refractivity contribution >= 4 is 11.4 Å². The third-order valence-electron chi connectivity index (χ3n) is 2.60. The number of unbranched alkanes of at least 4 members (excludes halogenated alkanes) is 1. The number of nitrogens with zero attached hydrogens (tertiary/aromatic N) is 1. The van der Waals surface area contributed by atoms with Crippen LogP contribution in [-0.2, 0) is 4.74 Å². The molecule has 0 aliphatic carbocycles. The lowest BCUT2D eigenvalue weighted by atomic mass is 10.2. The van der Waals surface area contributed by atoms with Crippen molar-refractivity contribution in [3.05, 3.63) is 28.3 Å². The maximum atomic E-state index is 10.9. The number of nitrogens with one attached hydrogen (secondary N) is 1. The van der Waals surface area contributed by atoms with Crippen LogP contribution in [0.5, 0.6) is 5.75 Å². The van der Waals surface area contributed by atoms with Crippen LogP contribution < -0.4 is 10.1 Å². The van der Waals surface area contributed by atoms with E-state index in [1.807, 2.05) is 0 Å². The average molecular weight is 268 g/mol. The second kappa shape index (κ2) is 8.31. The van der Waals surface area contributed by atoms with Crippen LogP contribution >= 0.6 is 0 Å². The third-order valence-corrected chi connectivity index (χ3v) is 2.60. The van der Waals surface area contributed by atoms with E-state index < -0.39 is 4.92 Å². The van der Waals surface area contributed by atoms with Gasteiger partial charge >= 0.3 is 0 Å². The smallest absolute Gasteiger partial charge is 0.292 e. The summed E-state index contributed by atoms with van der Waals surface area (Å²) in [6, 6.07) is 4.62. The van der Waals surface area contributed by atoms with Gasteiger partial charge in [-0.25, -0.2) is 0 Å². The molecule has 1 N–H and O–H groups in total. The van der Waals surface area contributed by atoms with Crippen LogP contribution in [0.3, 0.4) is 0 Å². The number of nitro groups is 1. The van der Waals surface area contributed by atoms with E-state index in [4.69, 9.17) is 9.47 Å². The Balaban J connectivity index is 2.52. The van der Waals surface area contributed by atoms with Crippen molar-refractivity contribution in [2.75, 3.05) is 32.2 Å². The fourth-order valence-electron chi connectivity index (χ4n) is 1.55. The Morgan fingerprint density at radius 3 is 2.79 bits per heavy atom. The number of rotatable bonds is 9. The van der Waals surface area contributed by atoms with Crippen molar-refractivity contribution in [3.63, 3.8) is 0 Å². The topological polar surface area (TPSA) is 73.6 Å². The summed E-state index contributed by atoms with van der Waals surface area (Å²) in [5.74, 6) is 0.583. The Hall–Kier alpha value is -1.82.